The highest BCUT2D eigenvalue weighted by Crippen LogP contribution is 2.15. The molecule has 39 heavy (non-hydrogen) atoms. The number of hydrogen-bond donors (Lipinski definition) is 1. The first kappa shape index (κ1) is 36.6. The third-order valence-corrected chi connectivity index (χ3v) is 6.49. The molecule has 1 unspecified atom stereocenters. The van der Waals surface area contributed by atoms with Crippen LogP contribution in [-0.4, -0.2) is 23.1 Å². The van der Waals surface area contributed by atoms with Gasteiger partial charge in [-0.2, -0.15) is 0 Å². The minimum Gasteiger partial charge on any atom is -0.481 e. The third kappa shape index (κ3) is 30.0. The highest BCUT2D eigenvalue weighted by molar-refractivity contribution is 5.71. The van der Waals surface area contributed by atoms with Crippen LogP contribution in [0, 0.1) is 0 Å². The van der Waals surface area contributed by atoms with E-state index in [0.29, 0.717) is 12.8 Å². The smallest absolute Gasteiger partial charge is 0.307 e. The number of carbonyl (C=O) groups is 2. The van der Waals surface area contributed by atoms with E-state index in [1.807, 2.05) is 0 Å². The molecule has 0 saturated carbocycles. The number of unbranched alkanes of at least 4 members (excludes halogenated alkanes) is 10. The predicted molar refractivity (Wildman–Crippen MR) is 167 cm³/mol. The first-order valence-corrected chi connectivity index (χ1v) is 15.8. The zero-order chi connectivity index (χ0) is 28.7. The van der Waals surface area contributed by atoms with E-state index in [2.05, 4.69) is 74.6 Å². The number of hydrogen-bond acceptors (Lipinski definition) is 3. The van der Waals surface area contributed by atoms with Crippen molar-refractivity contribution >= 4 is 11.9 Å². The summed E-state index contributed by atoms with van der Waals surface area (Å²) in [4.78, 5) is 23.4. The van der Waals surface area contributed by atoms with Crippen LogP contribution in [0.15, 0.2) is 60.8 Å². The first-order chi connectivity index (χ1) is 19.1. The first-order valence-electron chi connectivity index (χ1n) is 15.8. The summed E-state index contributed by atoms with van der Waals surface area (Å²) in [5.74, 6) is -1.15. The Morgan fingerprint density at radius 3 is 1.64 bits per heavy atom. The Morgan fingerprint density at radius 1 is 0.615 bits per heavy atom. The third-order valence-electron chi connectivity index (χ3n) is 6.49. The van der Waals surface area contributed by atoms with Gasteiger partial charge in [-0.3, -0.25) is 9.59 Å². The maximum Gasteiger partial charge on any atom is 0.307 e. The fourth-order valence-electron chi connectivity index (χ4n) is 4.23. The molecular formula is C35H58O4. The van der Waals surface area contributed by atoms with Gasteiger partial charge in [0, 0.05) is 6.42 Å². The summed E-state index contributed by atoms with van der Waals surface area (Å²) in [7, 11) is 0. The van der Waals surface area contributed by atoms with E-state index in [1.54, 1.807) is 0 Å². The van der Waals surface area contributed by atoms with Crippen molar-refractivity contribution in [1.82, 2.24) is 0 Å². The number of esters is 1. The second-order valence-electron chi connectivity index (χ2n) is 10.3. The standard InChI is InChI=1S/C35H58O4/c1-3-5-7-9-11-13-14-15-16-17-18-19-20-21-22-23-25-27-29-31-35(38)39-33(32-34(36)37)30-28-26-24-12-10-8-6-4-2/h5,7,11,13,15-16,18-19,21-22,33H,3-4,6,8-10,12,14,17,20,23-32H2,1-2H3,(H,36,37)/b7-5-,13-11-,16-15-,19-18-,22-21-. The number of allylic oxidation sites excluding steroid dienone is 10. The van der Waals surface area contributed by atoms with Crippen molar-refractivity contribution in [3.05, 3.63) is 60.8 Å². The van der Waals surface area contributed by atoms with Crippen molar-refractivity contribution in [3.63, 3.8) is 0 Å². The van der Waals surface area contributed by atoms with Crippen LogP contribution >= 0.6 is 0 Å². The monoisotopic (exact) mass is 542 g/mol. The van der Waals surface area contributed by atoms with Gasteiger partial charge in [-0.15, -0.1) is 0 Å². The van der Waals surface area contributed by atoms with Crippen molar-refractivity contribution in [2.45, 2.75) is 148 Å². The summed E-state index contributed by atoms with van der Waals surface area (Å²) >= 11 is 0. The van der Waals surface area contributed by atoms with Crippen molar-refractivity contribution in [1.29, 1.82) is 0 Å². The highest BCUT2D eigenvalue weighted by atomic mass is 16.5. The van der Waals surface area contributed by atoms with Crippen LogP contribution in [-0.2, 0) is 14.3 Å². The maximum atomic E-state index is 12.2. The summed E-state index contributed by atoms with van der Waals surface area (Å²) in [5.41, 5.74) is 0. The molecule has 0 aliphatic rings. The van der Waals surface area contributed by atoms with Gasteiger partial charge in [0.15, 0.2) is 0 Å². The Balaban J connectivity index is 3.80. The van der Waals surface area contributed by atoms with E-state index in [9.17, 15) is 9.59 Å². The lowest BCUT2D eigenvalue weighted by Gasteiger charge is -2.16. The van der Waals surface area contributed by atoms with E-state index in [-0.39, 0.29) is 12.4 Å². The lowest BCUT2D eigenvalue weighted by molar-refractivity contribution is -0.153. The second-order valence-corrected chi connectivity index (χ2v) is 10.3. The number of rotatable bonds is 27. The fraction of sp³-hybridized carbons (Fsp3) is 0.657. The summed E-state index contributed by atoms with van der Waals surface area (Å²) < 4.78 is 5.51. The van der Waals surface area contributed by atoms with Gasteiger partial charge in [0.1, 0.15) is 6.10 Å². The van der Waals surface area contributed by atoms with Gasteiger partial charge in [-0.05, 0) is 64.2 Å². The Bertz CT molecular complexity index is 714. The van der Waals surface area contributed by atoms with E-state index in [4.69, 9.17) is 9.84 Å². The van der Waals surface area contributed by atoms with Crippen molar-refractivity contribution < 1.29 is 19.4 Å². The molecule has 0 radical (unpaired) electrons. The molecule has 0 spiro atoms. The molecule has 0 aromatic carbocycles. The lowest BCUT2D eigenvalue weighted by Crippen LogP contribution is -2.21. The van der Waals surface area contributed by atoms with E-state index < -0.39 is 12.1 Å². The molecule has 0 aliphatic carbocycles. The van der Waals surface area contributed by atoms with E-state index >= 15 is 0 Å². The molecule has 1 atom stereocenters. The largest absolute Gasteiger partial charge is 0.481 e. The van der Waals surface area contributed by atoms with Crippen LogP contribution in [0.25, 0.3) is 0 Å². The van der Waals surface area contributed by atoms with Crippen LogP contribution < -0.4 is 0 Å². The average molecular weight is 543 g/mol. The topological polar surface area (TPSA) is 63.6 Å². The van der Waals surface area contributed by atoms with Gasteiger partial charge < -0.3 is 9.84 Å². The second kappa shape index (κ2) is 30.2. The Kier molecular flexibility index (Phi) is 28.4. The van der Waals surface area contributed by atoms with Gasteiger partial charge >= 0.3 is 11.9 Å². The Labute approximate surface area is 240 Å². The quantitative estimate of drug-likeness (QED) is 0.0637. The normalized spacial score (nSPS) is 13.1. The number of ether oxygens (including phenoxy) is 1. The minimum atomic E-state index is -0.899. The summed E-state index contributed by atoms with van der Waals surface area (Å²) in [5, 5.41) is 9.16. The Morgan fingerprint density at radius 2 is 1.10 bits per heavy atom. The zero-order valence-corrected chi connectivity index (χ0v) is 25.2. The SMILES string of the molecule is CC/C=C\C/C=C\C/C=C\C/C=C\C/C=C\CCCCCC(=O)OC(CCCCCCCCCC)CC(=O)O. The lowest BCUT2D eigenvalue weighted by atomic mass is 10.0. The van der Waals surface area contributed by atoms with Gasteiger partial charge in [0.25, 0.3) is 0 Å². The van der Waals surface area contributed by atoms with Crippen LogP contribution in [0.5, 0.6) is 0 Å². The zero-order valence-electron chi connectivity index (χ0n) is 25.2. The Hall–Kier alpha value is -2.36. The molecule has 0 bridgehead atoms. The average Bonchev–Trinajstić information content (AvgIpc) is 2.91. The predicted octanol–water partition coefficient (Wildman–Crippen LogP) is 10.6. The molecule has 4 nitrogen and oxygen atoms in total. The molecule has 4 heteroatoms. The molecule has 0 aromatic heterocycles. The van der Waals surface area contributed by atoms with Crippen LogP contribution in [0.2, 0.25) is 0 Å². The molecule has 0 saturated heterocycles. The maximum absolute atomic E-state index is 12.2. The van der Waals surface area contributed by atoms with Crippen LogP contribution in [0.4, 0.5) is 0 Å². The molecule has 0 aliphatic heterocycles. The number of carbonyl (C=O) groups excluding carboxylic acids is 1. The fourth-order valence-corrected chi connectivity index (χ4v) is 4.23. The molecule has 0 amide bonds. The molecule has 222 valence electrons. The van der Waals surface area contributed by atoms with E-state index in [1.165, 1.54) is 38.5 Å². The number of aliphatic carboxylic acids is 1. The molecule has 0 heterocycles. The van der Waals surface area contributed by atoms with E-state index in [0.717, 1.165) is 70.6 Å². The van der Waals surface area contributed by atoms with Gasteiger partial charge in [-0.1, -0.05) is 126 Å². The van der Waals surface area contributed by atoms with Crippen molar-refractivity contribution in [2.24, 2.45) is 0 Å². The molecule has 0 fully saturated rings. The summed E-state index contributed by atoms with van der Waals surface area (Å²) in [6.45, 7) is 4.37. The van der Waals surface area contributed by atoms with Crippen molar-refractivity contribution in [2.75, 3.05) is 0 Å². The van der Waals surface area contributed by atoms with Crippen molar-refractivity contribution in [3.8, 4) is 0 Å². The number of carboxylic acid groups (broad SMARTS) is 1. The molecular weight excluding hydrogens is 484 g/mol. The minimum absolute atomic E-state index is 0.0910. The summed E-state index contributed by atoms with van der Waals surface area (Å²) in [6, 6.07) is 0. The van der Waals surface area contributed by atoms with Crippen LogP contribution in [0.1, 0.15) is 142 Å². The number of carboxylic acids is 1. The van der Waals surface area contributed by atoms with Gasteiger partial charge in [-0.25, -0.2) is 0 Å². The molecule has 0 rings (SSSR count). The van der Waals surface area contributed by atoms with Crippen LogP contribution in [0.3, 0.4) is 0 Å². The molecule has 1 N–H and O–H groups in total. The van der Waals surface area contributed by atoms with Gasteiger partial charge in [0.05, 0.1) is 6.42 Å². The van der Waals surface area contributed by atoms with Gasteiger partial charge in [0.2, 0.25) is 0 Å². The molecule has 0 aromatic rings. The summed E-state index contributed by atoms with van der Waals surface area (Å²) in [6.07, 6.45) is 40.9. The highest BCUT2D eigenvalue weighted by Gasteiger charge is 2.17.